The van der Waals surface area contributed by atoms with Crippen molar-refractivity contribution in [2.45, 2.75) is 26.3 Å². The van der Waals surface area contributed by atoms with E-state index in [9.17, 15) is 19.7 Å². The minimum Gasteiger partial charge on any atom is -0.354 e. The quantitative estimate of drug-likeness (QED) is 0.600. The second-order valence-corrected chi connectivity index (χ2v) is 5.26. The van der Waals surface area contributed by atoms with Crippen molar-refractivity contribution >= 4 is 33.4 Å². The van der Waals surface area contributed by atoms with E-state index in [1.54, 1.807) is 6.92 Å². The molecule has 0 heterocycles. The van der Waals surface area contributed by atoms with Crippen LogP contribution in [-0.2, 0) is 4.79 Å². The molecule has 1 rings (SSSR count). The minimum atomic E-state index is -0.716. The number of nitro groups is 1. The summed E-state index contributed by atoms with van der Waals surface area (Å²) in [5.41, 5.74) is -0.0780. The van der Waals surface area contributed by atoms with Crippen molar-refractivity contribution in [3.05, 3.63) is 38.3 Å². The maximum atomic E-state index is 12.0. The Morgan fingerprint density at radius 1 is 1.43 bits per heavy atom. The van der Waals surface area contributed by atoms with Crippen LogP contribution in [0.5, 0.6) is 0 Å². The van der Waals surface area contributed by atoms with Crippen LogP contribution >= 0.6 is 15.9 Å². The first-order chi connectivity index (χ1) is 9.86. The second kappa shape index (κ2) is 7.72. The number of hydrogen-bond donors (Lipinski definition) is 2. The largest absolute Gasteiger partial charge is 0.354 e. The van der Waals surface area contributed by atoms with Gasteiger partial charge in [0, 0.05) is 18.2 Å². The van der Waals surface area contributed by atoms with Gasteiger partial charge in [-0.2, -0.15) is 0 Å². The average molecular weight is 358 g/mol. The zero-order chi connectivity index (χ0) is 16.0. The summed E-state index contributed by atoms with van der Waals surface area (Å²) in [7, 11) is 0. The third-order valence-corrected chi connectivity index (χ3v) is 3.37. The van der Waals surface area contributed by atoms with Crippen molar-refractivity contribution in [2.24, 2.45) is 0 Å². The molecule has 0 aliphatic heterocycles. The summed E-state index contributed by atoms with van der Waals surface area (Å²) in [4.78, 5) is 33.9. The minimum absolute atomic E-state index is 0.125. The van der Waals surface area contributed by atoms with E-state index in [4.69, 9.17) is 0 Å². The highest BCUT2D eigenvalue weighted by Gasteiger charge is 2.19. The SMILES string of the molecule is CCCNC(=O)[C@@H](C)NC(=O)c1ccc(Br)c([N+](=O)[O-])c1. The van der Waals surface area contributed by atoms with Crippen LogP contribution in [0.4, 0.5) is 5.69 Å². The molecule has 0 spiro atoms. The molecule has 0 aromatic heterocycles. The number of amides is 2. The van der Waals surface area contributed by atoms with Crippen molar-refractivity contribution in [3.63, 3.8) is 0 Å². The van der Waals surface area contributed by atoms with Crippen LogP contribution in [0.25, 0.3) is 0 Å². The standard InChI is InChI=1S/C13H16BrN3O4/c1-3-6-15-12(18)8(2)16-13(19)9-4-5-10(14)11(7-9)17(20)21/h4-5,7-8H,3,6H2,1-2H3,(H,15,18)(H,16,19)/t8-/m1/s1. The first-order valence-corrected chi connectivity index (χ1v) is 7.18. The molecule has 1 aromatic rings. The summed E-state index contributed by atoms with van der Waals surface area (Å²) in [6.45, 7) is 4.00. The van der Waals surface area contributed by atoms with Gasteiger partial charge in [-0.25, -0.2) is 0 Å². The Balaban J connectivity index is 2.78. The van der Waals surface area contributed by atoms with Gasteiger partial charge in [-0.1, -0.05) is 6.92 Å². The van der Waals surface area contributed by atoms with Gasteiger partial charge in [0.2, 0.25) is 5.91 Å². The van der Waals surface area contributed by atoms with Crippen LogP contribution in [0.15, 0.2) is 22.7 Å². The van der Waals surface area contributed by atoms with Crippen molar-refractivity contribution in [1.82, 2.24) is 10.6 Å². The highest BCUT2D eigenvalue weighted by atomic mass is 79.9. The highest BCUT2D eigenvalue weighted by Crippen LogP contribution is 2.25. The fraction of sp³-hybridized carbons (Fsp3) is 0.385. The molecule has 7 nitrogen and oxygen atoms in total. The molecule has 0 fully saturated rings. The fourth-order valence-electron chi connectivity index (χ4n) is 1.54. The lowest BCUT2D eigenvalue weighted by atomic mass is 10.1. The van der Waals surface area contributed by atoms with Crippen LogP contribution in [0.2, 0.25) is 0 Å². The zero-order valence-corrected chi connectivity index (χ0v) is 13.3. The highest BCUT2D eigenvalue weighted by molar-refractivity contribution is 9.10. The molecule has 0 aliphatic rings. The molecule has 8 heteroatoms. The van der Waals surface area contributed by atoms with Crippen molar-refractivity contribution in [1.29, 1.82) is 0 Å². The van der Waals surface area contributed by atoms with E-state index < -0.39 is 16.9 Å². The van der Waals surface area contributed by atoms with E-state index in [0.717, 1.165) is 12.5 Å². The van der Waals surface area contributed by atoms with Crippen LogP contribution in [-0.4, -0.2) is 29.3 Å². The van der Waals surface area contributed by atoms with E-state index in [-0.39, 0.29) is 21.6 Å². The van der Waals surface area contributed by atoms with Crippen molar-refractivity contribution < 1.29 is 14.5 Å². The number of nitrogens with zero attached hydrogens (tertiary/aromatic N) is 1. The van der Waals surface area contributed by atoms with E-state index in [1.165, 1.54) is 12.1 Å². The number of nitrogens with one attached hydrogen (secondary N) is 2. The maximum Gasteiger partial charge on any atom is 0.284 e. The maximum absolute atomic E-state index is 12.0. The van der Waals surface area contributed by atoms with Gasteiger partial charge in [0.25, 0.3) is 11.6 Å². The molecule has 0 bridgehead atoms. The number of carbonyl (C=O) groups excluding carboxylic acids is 2. The summed E-state index contributed by atoms with van der Waals surface area (Å²) in [5, 5.41) is 16.0. The Labute approximate surface area is 130 Å². The first kappa shape index (κ1) is 17.1. The van der Waals surface area contributed by atoms with E-state index in [1.807, 2.05) is 6.92 Å². The molecule has 1 atom stereocenters. The van der Waals surface area contributed by atoms with Crippen molar-refractivity contribution in [2.75, 3.05) is 6.54 Å². The molecule has 21 heavy (non-hydrogen) atoms. The summed E-state index contributed by atoms with van der Waals surface area (Å²) in [5.74, 6) is -0.832. The Morgan fingerprint density at radius 2 is 2.10 bits per heavy atom. The van der Waals surface area contributed by atoms with Crippen LogP contribution in [0, 0.1) is 10.1 Å². The average Bonchev–Trinajstić information content (AvgIpc) is 2.44. The molecule has 2 amide bonds. The van der Waals surface area contributed by atoms with E-state index in [0.29, 0.717) is 6.54 Å². The normalized spacial score (nSPS) is 11.6. The summed E-state index contributed by atoms with van der Waals surface area (Å²) in [6.07, 6.45) is 0.797. The number of halogens is 1. The van der Waals surface area contributed by atoms with E-state index >= 15 is 0 Å². The molecule has 0 unspecified atom stereocenters. The van der Waals surface area contributed by atoms with Gasteiger partial charge in [-0.3, -0.25) is 19.7 Å². The molecule has 1 aromatic carbocycles. The van der Waals surface area contributed by atoms with Gasteiger partial charge in [0.15, 0.2) is 0 Å². The number of carbonyl (C=O) groups is 2. The third kappa shape index (κ3) is 4.82. The van der Waals surface area contributed by atoms with E-state index in [2.05, 4.69) is 26.6 Å². The molecule has 0 saturated carbocycles. The Hall–Kier alpha value is -1.96. The number of benzene rings is 1. The first-order valence-electron chi connectivity index (χ1n) is 6.39. The van der Waals surface area contributed by atoms with Gasteiger partial charge >= 0.3 is 0 Å². The Kier molecular flexibility index (Phi) is 6.29. The third-order valence-electron chi connectivity index (χ3n) is 2.70. The fourth-order valence-corrected chi connectivity index (χ4v) is 1.93. The van der Waals surface area contributed by atoms with Crippen LogP contribution in [0.1, 0.15) is 30.6 Å². The summed E-state index contributed by atoms with van der Waals surface area (Å²) >= 11 is 3.05. The van der Waals surface area contributed by atoms with Gasteiger partial charge < -0.3 is 10.6 Å². The van der Waals surface area contributed by atoms with Gasteiger partial charge in [0.05, 0.1) is 9.40 Å². The van der Waals surface area contributed by atoms with Gasteiger partial charge in [0.1, 0.15) is 6.04 Å². The Bertz CT molecular complexity index is 562. The number of hydrogen-bond acceptors (Lipinski definition) is 4. The van der Waals surface area contributed by atoms with Gasteiger partial charge in [-0.15, -0.1) is 0 Å². The lowest BCUT2D eigenvalue weighted by molar-refractivity contribution is -0.385. The number of nitro benzene ring substituents is 1. The summed E-state index contributed by atoms with van der Waals surface area (Å²) < 4.78 is 0.290. The molecule has 0 aliphatic carbocycles. The van der Waals surface area contributed by atoms with Crippen LogP contribution in [0.3, 0.4) is 0 Å². The number of rotatable bonds is 6. The molecule has 2 N–H and O–H groups in total. The van der Waals surface area contributed by atoms with Gasteiger partial charge in [-0.05, 0) is 41.4 Å². The summed E-state index contributed by atoms with van der Waals surface area (Å²) in [6, 6.07) is 3.32. The zero-order valence-electron chi connectivity index (χ0n) is 11.7. The second-order valence-electron chi connectivity index (χ2n) is 4.41. The molecular weight excluding hydrogens is 342 g/mol. The monoisotopic (exact) mass is 357 g/mol. The van der Waals surface area contributed by atoms with Crippen molar-refractivity contribution in [3.8, 4) is 0 Å². The Morgan fingerprint density at radius 3 is 2.67 bits per heavy atom. The molecule has 0 saturated heterocycles. The predicted octanol–water partition coefficient (Wildman–Crippen LogP) is 2.00. The van der Waals surface area contributed by atoms with Crippen LogP contribution < -0.4 is 10.6 Å². The smallest absolute Gasteiger partial charge is 0.284 e. The lowest BCUT2D eigenvalue weighted by Crippen LogP contribution is -2.45. The lowest BCUT2D eigenvalue weighted by Gasteiger charge is -2.13. The molecule has 114 valence electrons. The topological polar surface area (TPSA) is 101 Å². The predicted molar refractivity (Wildman–Crippen MR) is 81.0 cm³/mol. The molecular formula is C13H16BrN3O4. The molecule has 0 radical (unpaired) electrons.